The normalized spacial score (nSPS) is 13.6. The van der Waals surface area contributed by atoms with Gasteiger partial charge in [0.25, 0.3) is 0 Å². The number of aliphatic imine (C=N–C) groups is 1. The van der Waals surface area contributed by atoms with E-state index in [-0.39, 0.29) is 0 Å². The van der Waals surface area contributed by atoms with Gasteiger partial charge < -0.3 is 5.32 Å². The lowest BCUT2D eigenvalue weighted by Crippen LogP contribution is -2.10. The standard InChI is InChI=1S/C8H10N4S2/c1-13-7-5-6(10-4-3-9-5)11-8(12-7)14-2/h4,9H,3H2,1-2H3. The van der Waals surface area contributed by atoms with Crippen LogP contribution >= 0.6 is 23.5 Å². The van der Waals surface area contributed by atoms with Crippen LogP contribution < -0.4 is 5.32 Å². The quantitative estimate of drug-likeness (QED) is 0.475. The molecule has 0 spiro atoms. The average Bonchev–Trinajstić information content (AvgIpc) is 2.27. The Hall–Kier alpha value is -0.750. The highest BCUT2D eigenvalue weighted by Gasteiger charge is 2.14. The molecule has 0 saturated carbocycles. The van der Waals surface area contributed by atoms with E-state index in [9.17, 15) is 0 Å². The Bertz CT molecular complexity index is 378. The molecule has 0 atom stereocenters. The predicted molar refractivity (Wildman–Crippen MR) is 62.2 cm³/mol. The van der Waals surface area contributed by atoms with Crippen molar-refractivity contribution >= 4 is 41.2 Å². The van der Waals surface area contributed by atoms with Crippen molar-refractivity contribution in [2.45, 2.75) is 10.2 Å². The van der Waals surface area contributed by atoms with Gasteiger partial charge in [-0.2, -0.15) is 0 Å². The van der Waals surface area contributed by atoms with Crippen molar-refractivity contribution in [2.75, 3.05) is 24.4 Å². The lowest BCUT2D eigenvalue weighted by molar-refractivity contribution is 0.892. The molecule has 0 amide bonds. The molecule has 0 fully saturated rings. The molecule has 6 heteroatoms. The molecule has 14 heavy (non-hydrogen) atoms. The summed E-state index contributed by atoms with van der Waals surface area (Å²) in [6.07, 6.45) is 5.79. The van der Waals surface area contributed by atoms with Gasteiger partial charge in [0, 0.05) is 6.21 Å². The molecular formula is C8H10N4S2. The Morgan fingerprint density at radius 3 is 2.86 bits per heavy atom. The van der Waals surface area contributed by atoms with Crippen LogP contribution in [-0.4, -0.2) is 35.2 Å². The first kappa shape index (κ1) is 9.79. The van der Waals surface area contributed by atoms with Gasteiger partial charge in [0.1, 0.15) is 10.7 Å². The first-order valence-electron chi connectivity index (χ1n) is 4.11. The molecule has 0 unspecified atom stereocenters. The fourth-order valence-electron chi connectivity index (χ4n) is 1.18. The van der Waals surface area contributed by atoms with Crippen molar-refractivity contribution in [2.24, 2.45) is 4.99 Å². The van der Waals surface area contributed by atoms with Crippen molar-refractivity contribution in [1.82, 2.24) is 9.97 Å². The predicted octanol–water partition coefficient (Wildman–Crippen LogP) is 2.05. The van der Waals surface area contributed by atoms with Crippen molar-refractivity contribution in [1.29, 1.82) is 0 Å². The largest absolute Gasteiger partial charge is 0.375 e. The van der Waals surface area contributed by atoms with Gasteiger partial charge in [-0.15, -0.1) is 11.8 Å². The maximum Gasteiger partial charge on any atom is 0.190 e. The van der Waals surface area contributed by atoms with E-state index in [1.165, 1.54) is 11.8 Å². The number of hydrogen-bond donors (Lipinski definition) is 1. The summed E-state index contributed by atoms with van der Waals surface area (Å²) in [5.74, 6) is 0.750. The van der Waals surface area contributed by atoms with Crippen LogP contribution in [-0.2, 0) is 0 Å². The lowest BCUT2D eigenvalue weighted by Gasteiger charge is -2.14. The second kappa shape index (κ2) is 4.18. The number of nitrogens with one attached hydrogen (secondary N) is 1. The van der Waals surface area contributed by atoms with Gasteiger partial charge in [-0.05, 0) is 12.5 Å². The summed E-state index contributed by atoms with van der Waals surface area (Å²) in [6, 6.07) is 0. The molecule has 2 rings (SSSR count). The molecule has 1 N–H and O–H groups in total. The van der Waals surface area contributed by atoms with E-state index in [2.05, 4.69) is 20.3 Å². The Balaban J connectivity index is 2.54. The van der Waals surface area contributed by atoms with Gasteiger partial charge in [0.2, 0.25) is 0 Å². The number of rotatable bonds is 2. The highest BCUT2D eigenvalue weighted by Crippen LogP contribution is 2.34. The van der Waals surface area contributed by atoms with Gasteiger partial charge in [-0.25, -0.2) is 15.0 Å². The van der Waals surface area contributed by atoms with E-state index in [1.807, 2.05) is 18.7 Å². The van der Waals surface area contributed by atoms with Gasteiger partial charge >= 0.3 is 0 Å². The van der Waals surface area contributed by atoms with E-state index in [1.54, 1.807) is 11.8 Å². The van der Waals surface area contributed by atoms with Crippen LogP contribution in [0.4, 0.5) is 11.5 Å². The highest BCUT2D eigenvalue weighted by atomic mass is 32.2. The van der Waals surface area contributed by atoms with E-state index < -0.39 is 0 Å². The fraction of sp³-hybridized carbons (Fsp3) is 0.375. The molecule has 0 aromatic carbocycles. The molecule has 0 saturated heterocycles. The van der Waals surface area contributed by atoms with Crippen LogP contribution in [0.2, 0.25) is 0 Å². The minimum absolute atomic E-state index is 0.750. The molecule has 0 radical (unpaired) electrons. The average molecular weight is 226 g/mol. The highest BCUT2D eigenvalue weighted by molar-refractivity contribution is 7.99. The van der Waals surface area contributed by atoms with Crippen LogP contribution in [0.3, 0.4) is 0 Å². The summed E-state index contributed by atoms with van der Waals surface area (Å²) in [5, 5.41) is 4.97. The van der Waals surface area contributed by atoms with Crippen LogP contribution in [0.1, 0.15) is 0 Å². The number of hydrogen-bond acceptors (Lipinski definition) is 6. The Kier molecular flexibility index (Phi) is 2.93. The summed E-state index contributed by atoms with van der Waals surface area (Å²) < 4.78 is 0. The molecule has 1 aliphatic rings. The van der Waals surface area contributed by atoms with Crippen LogP contribution in [0.15, 0.2) is 15.2 Å². The third-order valence-corrected chi connectivity index (χ3v) is 3.03. The molecular weight excluding hydrogens is 216 g/mol. The molecule has 0 bridgehead atoms. The van der Waals surface area contributed by atoms with Gasteiger partial charge in [-0.1, -0.05) is 11.8 Å². The van der Waals surface area contributed by atoms with E-state index >= 15 is 0 Å². The zero-order chi connectivity index (χ0) is 9.97. The third kappa shape index (κ3) is 1.72. The first-order chi connectivity index (χ1) is 6.85. The number of aromatic nitrogens is 2. The number of thioether (sulfide) groups is 2. The first-order valence-corrected chi connectivity index (χ1v) is 6.56. The van der Waals surface area contributed by atoms with E-state index in [0.717, 1.165) is 28.2 Å². The summed E-state index contributed by atoms with van der Waals surface area (Å²) in [6.45, 7) is 0.753. The summed E-state index contributed by atoms with van der Waals surface area (Å²) in [4.78, 5) is 13.0. The van der Waals surface area contributed by atoms with Gasteiger partial charge in [-0.3, -0.25) is 0 Å². The lowest BCUT2D eigenvalue weighted by atomic mass is 10.4. The van der Waals surface area contributed by atoms with Crippen LogP contribution in [0.5, 0.6) is 0 Å². The van der Waals surface area contributed by atoms with Gasteiger partial charge in [0.05, 0.1) is 6.54 Å². The number of nitrogens with zero attached hydrogens (tertiary/aromatic N) is 3. The van der Waals surface area contributed by atoms with Crippen molar-refractivity contribution in [3.8, 4) is 0 Å². The molecule has 4 nitrogen and oxygen atoms in total. The smallest absolute Gasteiger partial charge is 0.190 e. The topological polar surface area (TPSA) is 50.2 Å². The van der Waals surface area contributed by atoms with E-state index in [0.29, 0.717) is 0 Å². The Morgan fingerprint density at radius 2 is 2.14 bits per heavy atom. The van der Waals surface area contributed by atoms with Crippen LogP contribution in [0, 0.1) is 0 Å². The second-order valence-electron chi connectivity index (χ2n) is 2.61. The fourth-order valence-corrected chi connectivity index (χ4v) is 2.14. The molecule has 1 aliphatic heterocycles. The van der Waals surface area contributed by atoms with Crippen molar-refractivity contribution in [3.05, 3.63) is 0 Å². The minimum atomic E-state index is 0.750. The summed E-state index contributed by atoms with van der Waals surface area (Å²) >= 11 is 3.15. The minimum Gasteiger partial charge on any atom is -0.375 e. The Labute approximate surface area is 91.0 Å². The monoisotopic (exact) mass is 226 g/mol. The molecule has 1 aromatic heterocycles. The molecule has 74 valence electrons. The molecule has 0 aliphatic carbocycles. The Morgan fingerprint density at radius 1 is 1.29 bits per heavy atom. The summed E-state index contributed by atoms with van der Waals surface area (Å²) in [5.41, 5.74) is 0.956. The summed E-state index contributed by atoms with van der Waals surface area (Å²) in [7, 11) is 0. The van der Waals surface area contributed by atoms with E-state index in [4.69, 9.17) is 0 Å². The molecule has 1 aromatic rings. The maximum absolute atomic E-state index is 4.40. The zero-order valence-electron chi connectivity index (χ0n) is 7.94. The second-order valence-corrected chi connectivity index (χ2v) is 4.18. The maximum atomic E-state index is 4.40. The third-order valence-electron chi connectivity index (χ3n) is 1.80. The number of fused-ring (bicyclic) bond motifs is 1. The van der Waals surface area contributed by atoms with Gasteiger partial charge in [0.15, 0.2) is 11.0 Å². The van der Waals surface area contributed by atoms with Crippen molar-refractivity contribution < 1.29 is 0 Å². The molecule has 2 heterocycles. The van der Waals surface area contributed by atoms with Crippen LogP contribution in [0.25, 0.3) is 0 Å². The SMILES string of the molecule is CSc1nc2c(c(SC)n1)NCC=N2. The van der Waals surface area contributed by atoms with Crippen molar-refractivity contribution in [3.63, 3.8) is 0 Å². The number of anilines is 1. The zero-order valence-corrected chi connectivity index (χ0v) is 9.58.